The maximum absolute atomic E-state index is 12.2. The van der Waals surface area contributed by atoms with Gasteiger partial charge in [0.25, 0.3) is 5.56 Å². The number of aromatic nitrogens is 2. The maximum atomic E-state index is 12.2. The van der Waals surface area contributed by atoms with Crippen LogP contribution < -0.4 is 10.5 Å². The van der Waals surface area contributed by atoms with Crippen LogP contribution in [0.4, 0.5) is 5.82 Å². The summed E-state index contributed by atoms with van der Waals surface area (Å²) in [5.41, 5.74) is -0.217. The summed E-state index contributed by atoms with van der Waals surface area (Å²) in [6, 6.07) is -0.656. The molecule has 1 N–H and O–H groups in total. The van der Waals surface area contributed by atoms with E-state index in [1.165, 1.54) is 0 Å². The van der Waals surface area contributed by atoms with E-state index in [9.17, 15) is 14.7 Å². The Morgan fingerprint density at radius 1 is 1.58 bits per heavy atom. The van der Waals surface area contributed by atoms with E-state index in [0.717, 1.165) is 6.42 Å². The Kier molecular flexibility index (Phi) is 3.87. The Morgan fingerprint density at radius 2 is 2.32 bits per heavy atom. The van der Waals surface area contributed by atoms with Gasteiger partial charge in [0.05, 0.1) is 0 Å². The van der Waals surface area contributed by atoms with Gasteiger partial charge in [-0.1, -0.05) is 6.92 Å². The number of hydrogen-bond donors (Lipinski definition) is 1. The first-order chi connectivity index (χ1) is 9.04. The molecule has 1 aromatic heterocycles. The first-order valence-corrected chi connectivity index (χ1v) is 6.59. The number of carboxylic acid groups (broad SMARTS) is 1. The first-order valence-electron chi connectivity index (χ1n) is 6.59. The minimum atomic E-state index is -0.889. The molecule has 2 rings (SSSR count). The highest BCUT2D eigenvalue weighted by Gasteiger charge is 2.33. The minimum absolute atomic E-state index is 0.217. The van der Waals surface area contributed by atoms with Crippen LogP contribution in [0.15, 0.2) is 17.2 Å². The van der Waals surface area contributed by atoms with E-state index in [0.29, 0.717) is 25.4 Å². The van der Waals surface area contributed by atoms with Crippen molar-refractivity contribution in [2.75, 3.05) is 11.4 Å². The van der Waals surface area contributed by atoms with E-state index >= 15 is 0 Å². The molecule has 0 amide bonds. The second-order valence-electron chi connectivity index (χ2n) is 5.02. The SMILES string of the molecule is CCn1ccnc(N2CCC(C)CC2C(=O)O)c1=O. The smallest absolute Gasteiger partial charge is 0.326 e. The van der Waals surface area contributed by atoms with E-state index < -0.39 is 12.0 Å². The van der Waals surface area contributed by atoms with Crippen molar-refractivity contribution in [2.45, 2.75) is 39.3 Å². The second kappa shape index (κ2) is 5.42. The number of hydrogen-bond acceptors (Lipinski definition) is 4. The number of anilines is 1. The fraction of sp³-hybridized carbons (Fsp3) is 0.615. The normalized spacial score (nSPS) is 23.4. The molecule has 0 radical (unpaired) electrons. The summed E-state index contributed by atoms with van der Waals surface area (Å²) in [6.07, 6.45) is 4.61. The molecule has 1 aliphatic heterocycles. The molecule has 0 saturated carbocycles. The Hall–Kier alpha value is -1.85. The Labute approximate surface area is 111 Å². The number of carbonyl (C=O) groups is 1. The fourth-order valence-electron chi connectivity index (χ4n) is 2.51. The Morgan fingerprint density at radius 3 is 2.95 bits per heavy atom. The summed E-state index contributed by atoms with van der Waals surface area (Å²) >= 11 is 0. The van der Waals surface area contributed by atoms with Gasteiger partial charge in [-0.15, -0.1) is 0 Å². The monoisotopic (exact) mass is 265 g/mol. The van der Waals surface area contributed by atoms with E-state index in [1.807, 2.05) is 13.8 Å². The number of aliphatic carboxylic acids is 1. The molecule has 19 heavy (non-hydrogen) atoms. The van der Waals surface area contributed by atoms with Gasteiger partial charge in [0.1, 0.15) is 6.04 Å². The lowest BCUT2D eigenvalue weighted by atomic mass is 9.92. The van der Waals surface area contributed by atoms with Crippen molar-refractivity contribution in [2.24, 2.45) is 5.92 Å². The molecule has 0 spiro atoms. The molecule has 1 aromatic rings. The topological polar surface area (TPSA) is 75.4 Å². The van der Waals surface area contributed by atoms with Crippen molar-refractivity contribution in [3.05, 3.63) is 22.7 Å². The van der Waals surface area contributed by atoms with E-state index in [1.54, 1.807) is 21.9 Å². The largest absolute Gasteiger partial charge is 0.480 e. The summed E-state index contributed by atoms with van der Waals surface area (Å²) in [4.78, 5) is 29.3. The molecule has 2 unspecified atom stereocenters. The third-order valence-electron chi connectivity index (χ3n) is 3.66. The molecule has 1 aliphatic rings. The molecular weight excluding hydrogens is 246 g/mol. The van der Waals surface area contributed by atoms with E-state index in [4.69, 9.17) is 0 Å². The average Bonchev–Trinajstić information content (AvgIpc) is 2.39. The van der Waals surface area contributed by atoms with Crippen LogP contribution in [-0.2, 0) is 11.3 Å². The van der Waals surface area contributed by atoms with Crippen LogP contribution in [0.1, 0.15) is 26.7 Å². The maximum Gasteiger partial charge on any atom is 0.326 e. The standard InChI is InChI=1S/C13H19N3O3/c1-3-15-7-5-14-11(12(15)17)16-6-4-9(2)8-10(16)13(18)19/h5,7,9-10H,3-4,6,8H2,1-2H3,(H,18,19). The lowest BCUT2D eigenvalue weighted by molar-refractivity contribution is -0.139. The molecule has 6 heteroatoms. The fourth-order valence-corrected chi connectivity index (χ4v) is 2.51. The van der Waals surface area contributed by atoms with Gasteiger partial charge in [-0.05, 0) is 25.7 Å². The van der Waals surface area contributed by atoms with Crippen LogP contribution in [0.25, 0.3) is 0 Å². The summed E-state index contributed by atoms with van der Waals surface area (Å²) in [5, 5.41) is 9.33. The molecule has 0 bridgehead atoms. The summed E-state index contributed by atoms with van der Waals surface area (Å²) in [5.74, 6) is -0.280. The third kappa shape index (κ3) is 2.62. The lowest BCUT2D eigenvalue weighted by Crippen LogP contribution is -2.49. The highest BCUT2D eigenvalue weighted by molar-refractivity contribution is 5.77. The van der Waals surface area contributed by atoms with Crippen molar-refractivity contribution in [3.63, 3.8) is 0 Å². The highest BCUT2D eigenvalue weighted by Crippen LogP contribution is 2.25. The lowest BCUT2D eigenvalue weighted by Gasteiger charge is -2.36. The number of aryl methyl sites for hydroxylation is 1. The first kappa shape index (κ1) is 13.6. The van der Waals surface area contributed by atoms with E-state index in [-0.39, 0.29) is 11.4 Å². The molecule has 2 atom stereocenters. The number of nitrogens with zero attached hydrogens (tertiary/aromatic N) is 3. The van der Waals surface area contributed by atoms with Crippen LogP contribution in [-0.4, -0.2) is 33.2 Å². The van der Waals surface area contributed by atoms with Crippen molar-refractivity contribution in [1.82, 2.24) is 9.55 Å². The van der Waals surface area contributed by atoms with Gasteiger partial charge in [-0.2, -0.15) is 0 Å². The zero-order chi connectivity index (χ0) is 14.0. The van der Waals surface area contributed by atoms with Gasteiger partial charge in [-0.3, -0.25) is 4.79 Å². The minimum Gasteiger partial charge on any atom is -0.480 e. The molecule has 0 aliphatic carbocycles. The van der Waals surface area contributed by atoms with Crippen molar-refractivity contribution < 1.29 is 9.90 Å². The predicted octanol–water partition coefficient (Wildman–Crippen LogP) is 0.953. The van der Waals surface area contributed by atoms with Gasteiger partial charge < -0.3 is 14.6 Å². The molecule has 6 nitrogen and oxygen atoms in total. The number of rotatable bonds is 3. The van der Waals surface area contributed by atoms with Crippen LogP contribution >= 0.6 is 0 Å². The summed E-state index contributed by atoms with van der Waals surface area (Å²) < 4.78 is 1.54. The van der Waals surface area contributed by atoms with Crippen molar-refractivity contribution in [3.8, 4) is 0 Å². The quantitative estimate of drug-likeness (QED) is 0.880. The van der Waals surface area contributed by atoms with Gasteiger partial charge in [0, 0.05) is 25.5 Å². The van der Waals surface area contributed by atoms with Crippen LogP contribution in [0.3, 0.4) is 0 Å². The summed E-state index contributed by atoms with van der Waals surface area (Å²) in [7, 11) is 0. The third-order valence-corrected chi connectivity index (χ3v) is 3.66. The molecule has 0 aromatic carbocycles. The number of piperidine rings is 1. The molecule has 1 fully saturated rings. The van der Waals surface area contributed by atoms with Gasteiger partial charge in [-0.25, -0.2) is 9.78 Å². The highest BCUT2D eigenvalue weighted by atomic mass is 16.4. The second-order valence-corrected chi connectivity index (χ2v) is 5.02. The van der Waals surface area contributed by atoms with Crippen molar-refractivity contribution in [1.29, 1.82) is 0 Å². The molecule has 1 saturated heterocycles. The van der Waals surface area contributed by atoms with Crippen LogP contribution in [0.2, 0.25) is 0 Å². The molecular formula is C13H19N3O3. The van der Waals surface area contributed by atoms with E-state index in [2.05, 4.69) is 4.98 Å². The Bertz CT molecular complexity index is 526. The van der Waals surface area contributed by atoms with Gasteiger partial charge >= 0.3 is 5.97 Å². The van der Waals surface area contributed by atoms with Gasteiger partial charge in [0.15, 0.2) is 5.82 Å². The number of carboxylic acids is 1. The zero-order valence-electron chi connectivity index (χ0n) is 11.2. The van der Waals surface area contributed by atoms with Crippen LogP contribution in [0, 0.1) is 5.92 Å². The molecule has 2 heterocycles. The van der Waals surface area contributed by atoms with Crippen LogP contribution in [0.5, 0.6) is 0 Å². The Balaban J connectivity index is 2.39. The van der Waals surface area contributed by atoms with Crippen molar-refractivity contribution >= 4 is 11.8 Å². The molecule has 104 valence electrons. The average molecular weight is 265 g/mol. The predicted molar refractivity (Wildman–Crippen MR) is 71.3 cm³/mol. The zero-order valence-corrected chi connectivity index (χ0v) is 11.2. The summed E-state index contributed by atoms with van der Waals surface area (Å²) in [6.45, 7) is 5.03. The van der Waals surface area contributed by atoms with Gasteiger partial charge in [0.2, 0.25) is 0 Å².